The van der Waals surface area contributed by atoms with Crippen molar-refractivity contribution >= 4 is 28.9 Å². The summed E-state index contributed by atoms with van der Waals surface area (Å²) < 4.78 is 38.3. The third-order valence-electron chi connectivity index (χ3n) is 2.58. The van der Waals surface area contributed by atoms with E-state index in [9.17, 15) is 13.2 Å². The number of halogens is 5. The van der Waals surface area contributed by atoms with Gasteiger partial charge in [-0.05, 0) is 29.8 Å². The topological polar surface area (TPSA) is 26.0 Å². The first kappa shape index (κ1) is 14.0. The molecule has 0 amide bonds. The quantitative estimate of drug-likeness (QED) is 0.714. The maximum atomic E-state index is 12.8. The Morgan fingerprint density at radius 1 is 0.895 bits per heavy atom. The van der Waals surface area contributed by atoms with Crippen molar-refractivity contribution in [2.24, 2.45) is 0 Å². The average Bonchev–Trinajstić information content (AvgIpc) is 2.29. The van der Waals surface area contributed by atoms with Gasteiger partial charge in [-0.25, -0.2) is 0 Å². The summed E-state index contributed by atoms with van der Waals surface area (Å²) in [6, 6.07) is 8.28. The highest BCUT2D eigenvalue weighted by molar-refractivity contribution is 6.34. The van der Waals surface area contributed by atoms with Crippen molar-refractivity contribution < 1.29 is 13.2 Å². The van der Waals surface area contributed by atoms with Gasteiger partial charge in [0.15, 0.2) is 0 Å². The second-order valence-electron chi connectivity index (χ2n) is 3.93. The van der Waals surface area contributed by atoms with Crippen LogP contribution in [0.1, 0.15) is 5.56 Å². The minimum Gasteiger partial charge on any atom is -0.399 e. The second-order valence-corrected chi connectivity index (χ2v) is 4.75. The standard InChI is InChI=1S/C13H8Cl2F3N/c14-11-4-1-7(5-10(11)13(16,17)18)9-3-2-8(19)6-12(9)15/h1-6H,19H2. The number of rotatable bonds is 1. The predicted octanol–water partition coefficient (Wildman–Crippen LogP) is 5.26. The SMILES string of the molecule is Nc1ccc(-c2ccc(Cl)c(C(F)(F)F)c2)c(Cl)c1. The molecule has 0 radical (unpaired) electrons. The van der Waals surface area contributed by atoms with Gasteiger partial charge in [0.05, 0.1) is 15.6 Å². The molecular formula is C13H8Cl2F3N. The molecule has 2 rings (SSSR count). The molecule has 2 aromatic rings. The van der Waals surface area contributed by atoms with Crippen LogP contribution in [0.15, 0.2) is 36.4 Å². The molecule has 0 aliphatic carbocycles. The third-order valence-corrected chi connectivity index (χ3v) is 3.22. The zero-order valence-corrected chi connectivity index (χ0v) is 10.9. The molecule has 100 valence electrons. The van der Waals surface area contributed by atoms with E-state index in [1.165, 1.54) is 18.2 Å². The second kappa shape index (κ2) is 4.94. The third kappa shape index (κ3) is 2.96. The van der Waals surface area contributed by atoms with Gasteiger partial charge in [0.2, 0.25) is 0 Å². The highest BCUT2D eigenvalue weighted by atomic mass is 35.5. The van der Waals surface area contributed by atoms with Crippen LogP contribution in [-0.4, -0.2) is 0 Å². The fourth-order valence-corrected chi connectivity index (χ4v) is 2.20. The Labute approximate surface area is 117 Å². The molecule has 0 bridgehead atoms. The van der Waals surface area contributed by atoms with E-state index in [1.54, 1.807) is 12.1 Å². The average molecular weight is 306 g/mol. The lowest BCUT2D eigenvalue weighted by Crippen LogP contribution is -2.06. The summed E-state index contributed by atoms with van der Waals surface area (Å²) in [5.74, 6) is 0. The summed E-state index contributed by atoms with van der Waals surface area (Å²) in [5.41, 5.74) is 5.90. The number of alkyl halides is 3. The molecule has 19 heavy (non-hydrogen) atoms. The van der Waals surface area contributed by atoms with Gasteiger partial charge in [0, 0.05) is 11.3 Å². The van der Waals surface area contributed by atoms with Crippen LogP contribution in [0, 0.1) is 0 Å². The van der Waals surface area contributed by atoms with Gasteiger partial charge in [-0.15, -0.1) is 0 Å². The van der Waals surface area contributed by atoms with Gasteiger partial charge in [0.25, 0.3) is 0 Å². The van der Waals surface area contributed by atoms with Crippen molar-refractivity contribution in [1.29, 1.82) is 0 Å². The van der Waals surface area contributed by atoms with E-state index < -0.39 is 11.7 Å². The summed E-state index contributed by atoms with van der Waals surface area (Å²) in [4.78, 5) is 0. The van der Waals surface area contributed by atoms with Crippen LogP contribution in [0.5, 0.6) is 0 Å². The molecule has 0 atom stereocenters. The minimum absolute atomic E-state index is 0.287. The monoisotopic (exact) mass is 305 g/mol. The van der Waals surface area contributed by atoms with Crippen LogP contribution in [0.25, 0.3) is 11.1 Å². The van der Waals surface area contributed by atoms with Crippen molar-refractivity contribution in [3.63, 3.8) is 0 Å². The van der Waals surface area contributed by atoms with E-state index in [0.717, 1.165) is 6.07 Å². The summed E-state index contributed by atoms with van der Waals surface area (Å²) in [6.07, 6.45) is -4.51. The van der Waals surface area contributed by atoms with Crippen LogP contribution in [0.3, 0.4) is 0 Å². The predicted molar refractivity (Wildman–Crippen MR) is 71.3 cm³/mol. The lowest BCUT2D eigenvalue weighted by Gasteiger charge is -2.12. The van der Waals surface area contributed by atoms with E-state index in [4.69, 9.17) is 28.9 Å². The van der Waals surface area contributed by atoms with Crippen molar-refractivity contribution in [1.82, 2.24) is 0 Å². The first-order valence-electron chi connectivity index (χ1n) is 5.21. The van der Waals surface area contributed by atoms with E-state index >= 15 is 0 Å². The molecule has 0 aliphatic rings. The van der Waals surface area contributed by atoms with Gasteiger partial charge in [-0.2, -0.15) is 13.2 Å². The Morgan fingerprint density at radius 3 is 2.16 bits per heavy atom. The van der Waals surface area contributed by atoms with E-state index in [0.29, 0.717) is 16.8 Å². The molecule has 2 N–H and O–H groups in total. The van der Waals surface area contributed by atoms with E-state index in [2.05, 4.69) is 0 Å². The maximum absolute atomic E-state index is 12.8. The highest BCUT2D eigenvalue weighted by Gasteiger charge is 2.33. The molecule has 1 nitrogen and oxygen atoms in total. The fourth-order valence-electron chi connectivity index (χ4n) is 1.68. The molecule has 2 aromatic carbocycles. The molecule has 0 aromatic heterocycles. The smallest absolute Gasteiger partial charge is 0.399 e. The molecule has 0 unspecified atom stereocenters. The zero-order valence-electron chi connectivity index (χ0n) is 9.43. The van der Waals surface area contributed by atoms with Crippen molar-refractivity contribution in [2.45, 2.75) is 6.18 Å². The Bertz CT molecular complexity index is 624. The minimum atomic E-state index is -4.51. The van der Waals surface area contributed by atoms with Gasteiger partial charge in [-0.1, -0.05) is 35.3 Å². The highest BCUT2D eigenvalue weighted by Crippen LogP contribution is 2.38. The first-order valence-corrected chi connectivity index (χ1v) is 5.97. The maximum Gasteiger partial charge on any atom is 0.417 e. The summed E-state index contributed by atoms with van der Waals surface area (Å²) >= 11 is 11.5. The van der Waals surface area contributed by atoms with Crippen LogP contribution in [0.4, 0.5) is 18.9 Å². The van der Waals surface area contributed by atoms with Crippen LogP contribution >= 0.6 is 23.2 Å². The van der Waals surface area contributed by atoms with Crippen LogP contribution in [0.2, 0.25) is 10.0 Å². The molecule has 6 heteroatoms. The number of hydrogen-bond donors (Lipinski definition) is 1. The van der Waals surface area contributed by atoms with Crippen LogP contribution < -0.4 is 5.73 Å². The molecule has 0 aliphatic heterocycles. The van der Waals surface area contributed by atoms with Crippen LogP contribution in [-0.2, 0) is 6.18 Å². The number of hydrogen-bond acceptors (Lipinski definition) is 1. The van der Waals surface area contributed by atoms with Crippen molar-refractivity contribution in [3.8, 4) is 11.1 Å². The number of anilines is 1. The van der Waals surface area contributed by atoms with Gasteiger partial charge < -0.3 is 5.73 Å². The van der Waals surface area contributed by atoms with E-state index in [-0.39, 0.29) is 10.0 Å². The summed E-state index contributed by atoms with van der Waals surface area (Å²) in [5, 5.41) is -0.0572. The first-order chi connectivity index (χ1) is 8.79. The molecule has 0 heterocycles. The molecule has 0 saturated heterocycles. The summed E-state index contributed by atoms with van der Waals surface area (Å²) in [7, 11) is 0. The van der Waals surface area contributed by atoms with Gasteiger partial charge >= 0.3 is 6.18 Å². The lowest BCUT2D eigenvalue weighted by atomic mass is 10.0. The Hall–Kier alpha value is -1.39. The van der Waals surface area contributed by atoms with Gasteiger partial charge in [-0.3, -0.25) is 0 Å². The van der Waals surface area contributed by atoms with Gasteiger partial charge in [0.1, 0.15) is 0 Å². The van der Waals surface area contributed by atoms with Crippen molar-refractivity contribution in [2.75, 3.05) is 5.73 Å². The lowest BCUT2D eigenvalue weighted by molar-refractivity contribution is -0.137. The number of nitrogen functional groups attached to an aromatic ring is 1. The Balaban J connectivity index is 2.58. The summed E-state index contributed by atoms with van der Waals surface area (Å²) in [6.45, 7) is 0. The van der Waals surface area contributed by atoms with Crippen molar-refractivity contribution in [3.05, 3.63) is 52.0 Å². The Morgan fingerprint density at radius 2 is 1.58 bits per heavy atom. The fraction of sp³-hybridized carbons (Fsp3) is 0.0769. The van der Waals surface area contributed by atoms with E-state index in [1.807, 2.05) is 0 Å². The number of nitrogens with two attached hydrogens (primary N) is 1. The molecule has 0 fully saturated rings. The largest absolute Gasteiger partial charge is 0.417 e. The molecule has 0 saturated carbocycles. The zero-order chi connectivity index (χ0) is 14.2. The normalized spacial score (nSPS) is 11.6. The Kier molecular flexibility index (Phi) is 3.65. The molecule has 0 spiro atoms. The number of benzene rings is 2. The molecular weight excluding hydrogens is 298 g/mol.